The molecule has 0 atom stereocenters. The average Bonchev–Trinajstić information content (AvgIpc) is 2.84. The van der Waals surface area contributed by atoms with Gasteiger partial charge in [0.05, 0.1) is 42.5 Å². The molecule has 0 saturated heterocycles. The summed E-state index contributed by atoms with van der Waals surface area (Å²) >= 11 is 0. The molecular formula is C25H38N8O2. The Bertz CT molecular complexity index is 1050. The van der Waals surface area contributed by atoms with Gasteiger partial charge in [0.2, 0.25) is 0 Å². The Kier molecular flexibility index (Phi) is 9.16. The first kappa shape index (κ1) is 26.1. The summed E-state index contributed by atoms with van der Waals surface area (Å²) in [5.74, 6) is 14.1. The minimum atomic E-state index is 0.138. The summed E-state index contributed by atoms with van der Waals surface area (Å²) in [5.41, 5.74) is 15.9. The van der Waals surface area contributed by atoms with Crippen LogP contribution in [0.25, 0.3) is 5.70 Å². The summed E-state index contributed by atoms with van der Waals surface area (Å²) in [4.78, 5) is 4.66. The van der Waals surface area contributed by atoms with Gasteiger partial charge in [0.25, 0.3) is 0 Å². The molecule has 10 nitrogen and oxygen atoms in total. The number of hydrazine groups is 2. The zero-order chi connectivity index (χ0) is 25.4. The number of ether oxygens (including phenoxy) is 2. The molecule has 0 aliphatic heterocycles. The number of likely N-dealkylation sites (N-methyl/N-ethyl adjacent to an activating group) is 1. The van der Waals surface area contributed by atoms with Gasteiger partial charge in [0, 0.05) is 13.5 Å². The normalized spacial score (nSPS) is 15.4. The van der Waals surface area contributed by atoms with Gasteiger partial charge in [-0.25, -0.2) is 21.8 Å². The van der Waals surface area contributed by atoms with Crippen LogP contribution in [0.2, 0.25) is 0 Å². The van der Waals surface area contributed by atoms with Crippen molar-refractivity contribution in [3.8, 4) is 11.5 Å². The van der Waals surface area contributed by atoms with Crippen LogP contribution in [-0.4, -0.2) is 47.8 Å². The van der Waals surface area contributed by atoms with Gasteiger partial charge in [0.15, 0.2) is 0 Å². The predicted molar refractivity (Wildman–Crippen MR) is 139 cm³/mol. The number of rotatable bonds is 10. The molecule has 1 heterocycles. The van der Waals surface area contributed by atoms with Crippen LogP contribution in [-0.2, 0) is 6.42 Å². The number of hydrogen-bond donors (Lipinski definition) is 4. The Morgan fingerprint density at radius 3 is 2.51 bits per heavy atom. The SMILES string of the molecule is COc1cccc(C/C(N)=N/N(N)C/C(=C(/N)c2ccc(OC3CCCCC3)c(C)n2)N(C)N)c1. The number of methoxy groups -OCH3 is 1. The molecule has 0 unspecified atom stereocenters. The summed E-state index contributed by atoms with van der Waals surface area (Å²) in [6, 6.07) is 11.4. The van der Waals surface area contributed by atoms with E-state index in [1.807, 2.05) is 43.3 Å². The van der Waals surface area contributed by atoms with Gasteiger partial charge in [-0.3, -0.25) is 0 Å². The highest BCUT2D eigenvalue weighted by Crippen LogP contribution is 2.26. The molecule has 1 aliphatic rings. The molecule has 1 aromatic carbocycles. The number of pyridine rings is 1. The van der Waals surface area contributed by atoms with Crippen LogP contribution in [0.5, 0.6) is 11.5 Å². The van der Waals surface area contributed by atoms with Crippen LogP contribution in [0.1, 0.15) is 49.1 Å². The molecule has 190 valence electrons. The minimum absolute atomic E-state index is 0.138. The van der Waals surface area contributed by atoms with Crippen molar-refractivity contribution in [2.45, 2.75) is 51.6 Å². The topological polar surface area (TPSA) is 154 Å². The van der Waals surface area contributed by atoms with Crippen LogP contribution in [0.15, 0.2) is 47.2 Å². The number of hydrazone groups is 1. The Morgan fingerprint density at radius 1 is 1.11 bits per heavy atom. The first-order valence-electron chi connectivity index (χ1n) is 11.9. The molecule has 0 spiro atoms. The Labute approximate surface area is 207 Å². The number of aromatic nitrogens is 1. The fourth-order valence-corrected chi connectivity index (χ4v) is 4.10. The maximum absolute atomic E-state index is 6.46. The first-order chi connectivity index (χ1) is 16.8. The van der Waals surface area contributed by atoms with Crippen LogP contribution < -0.4 is 32.6 Å². The molecule has 35 heavy (non-hydrogen) atoms. The van der Waals surface area contributed by atoms with Crippen molar-refractivity contribution in [3.05, 3.63) is 59.0 Å². The van der Waals surface area contributed by atoms with E-state index in [-0.39, 0.29) is 12.6 Å². The molecule has 10 heteroatoms. The van der Waals surface area contributed by atoms with Crippen molar-refractivity contribution in [3.63, 3.8) is 0 Å². The van der Waals surface area contributed by atoms with Gasteiger partial charge in [-0.15, -0.1) is 5.10 Å². The van der Waals surface area contributed by atoms with Crippen LogP contribution >= 0.6 is 0 Å². The molecule has 1 aliphatic carbocycles. The number of benzene rings is 1. The molecular weight excluding hydrogens is 444 g/mol. The molecule has 2 aromatic rings. The zero-order valence-corrected chi connectivity index (χ0v) is 20.9. The van der Waals surface area contributed by atoms with Crippen molar-refractivity contribution in [2.24, 2.45) is 28.3 Å². The third-order valence-corrected chi connectivity index (χ3v) is 5.98. The van der Waals surface area contributed by atoms with Gasteiger partial charge in [0.1, 0.15) is 17.3 Å². The van der Waals surface area contributed by atoms with E-state index < -0.39 is 0 Å². The van der Waals surface area contributed by atoms with E-state index in [4.69, 9.17) is 32.6 Å². The van der Waals surface area contributed by atoms with Gasteiger partial charge >= 0.3 is 0 Å². The maximum atomic E-state index is 6.46. The maximum Gasteiger partial charge on any atom is 0.140 e. The fraction of sp³-hybridized carbons (Fsp3) is 0.440. The Morgan fingerprint density at radius 2 is 1.86 bits per heavy atom. The second-order valence-electron chi connectivity index (χ2n) is 8.85. The molecule has 1 fully saturated rings. The monoisotopic (exact) mass is 482 g/mol. The molecule has 0 amide bonds. The summed E-state index contributed by atoms with van der Waals surface area (Å²) in [6.07, 6.45) is 6.53. The average molecular weight is 483 g/mol. The van der Waals surface area contributed by atoms with Crippen molar-refractivity contribution in [1.82, 2.24) is 15.1 Å². The second-order valence-corrected chi connectivity index (χ2v) is 8.85. The number of nitrogens with two attached hydrogens (primary N) is 4. The van der Waals surface area contributed by atoms with Crippen LogP contribution in [0, 0.1) is 6.92 Å². The first-order valence-corrected chi connectivity index (χ1v) is 11.9. The third kappa shape index (κ3) is 7.49. The lowest BCUT2D eigenvalue weighted by atomic mass is 9.98. The summed E-state index contributed by atoms with van der Waals surface area (Å²) < 4.78 is 11.4. The molecule has 1 saturated carbocycles. The lowest BCUT2D eigenvalue weighted by Gasteiger charge is -2.25. The molecule has 1 aromatic heterocycles. The predicted octanol–water partition coefficient (Wildman–Crippen LogP) is 2.23. The molecule has 8 N–H and O–H groups in total. The lowest BCUT2D eigenvalue weighted by molar-refractivity contribution is 0.153. The molecule has 0 bridgehead atoms. The van der Waals surface area contributed by atoms with Gasteiger partial charge < -0.3 is 25.9 Å². The Hall–Kier alpha value is -3.50. The van der Waals surface area contributed by atoms with Crippen molar-refractivity contribution >= 4 is 11.5 Å². The highest BCUT2D eigenvalue weighted by molar-refractivity contribution is 5.82. The summed E-state index contributed by atoms with van der Waals surface area (Å²) in [6.45, 7) is 2.05. The Balaban J connectivity index is 1.72. The van der Waals surface area contributed by atoms with Gasteiger partial charge in [-0.2, -0.15) is 0 Å². The largest absolute Gasteiger partial charge is 0.497 e. The zero-order valence-electron chi connectivity index (χ0n) is 20.9. The summed E-state index contributed by atoms with van der Waals surface area (Å²) in [5, 5.41) is 6.90. The number of amidine groups is 1. The number of aryl methyl sites for hydroxylation is 1. The van der Waals surface area contributed by atoms with Gasteiger partial charge in [-0.05, 0) is 62.4 Å². The van der Waals surface area contributed by atoms with Crippen molar-refractivity contribution in [1.29, 1.82) is 0 Å². The highest BCUT2D eigenvalue weighted by Gasteiger charge is 2.18. The summed E-state index contributed by atoms with van der Waals surface area (Å²) in [7, 11) is 3.31. The smallest absolute Gasteiger partial charge is 0.140 e. The van der Waals surface area contributed by atoms with E-state index in [2.05, 4.69) is 10.1 Å². The lowest BCUT2D eigenvalue weighted by Crippen LogP contribution is -2.38. The fourth-order valence-electron chi connectivity index (χ4n) is 4.10. The number of nitrogens with zero attached hydrogens (tertiary/aromatic N) is 4. The van der Waals surface area contributed by atoms with E-state index in [0.717, 1.165) is 35.6 Å². The molecule has 0 radical (unpaired) electrons. The van der Waals surface area contributed by atoms with Crippen molar-refractivity contribution in [2.75, 3.05) is 20.7 Å². The van der Waals surface area contributed by atoms with Crippen LogP contribution in [0.3, 0.4) is 0 Å². The van der Waals surface area contributed by atoms with E-state index in [1.54, 1.807) is 14.2 Å². The number of hydrogen-bond acceptors (Lipinski definition) is 9. The van der Waals surface area contributed by atoms with Gasteiger partial charge in [-0.1, -0.05) is 18.6 Å². The second kappa shape index (κ2) is 12.3. The minimum Gasteiger partial charge on any atom is -0.497 e. The van der Waals surface area contributed by atoms with E-state index in [9.17, 15) is 0 Å². The molecule has 3 rings (SSSR count). The quantitative estimate of drug-likeness (QED) is 0.173. The van der Waals surface area contributed by atoms with E-state index in [1.165, 1.54) is 29.4 Å². The van der Waals surface area contributed by atoms with E-state index >= 15 is 0 Å². The van der Waals surface area contributed by atoms with Crippen molar-refractivity contribution < 1.29 is 9.47 Å². The van der Waals surface area contributed by atoms with E-state index in [0.29, 0.717) is 29.3 Å². The highest BCUT2D eigenvalue weighted by atomic mass is 16.5. The third-order valence-electron chi connectivity index (χ3n) is 5.98. The van der Waals surface area contributed by atoms with Crippen LogP contribution in [0.4, 0.5) is 0 Å². The standard InChI is InChI=1S/C25H38N8O2/c1-17-23(35-19-9-5-4-6-10-19)13-12-21(30-17)25(27)22(32(2)28)16-33(29)31-24(26)15-18-8-7-11-20(14-18)34-3/h7-8,11-14,19H,4-6,9-10,15-16,27-29H2,1-3H3,(H2,26,31)/b25-22-.